The second-order valence-electron chi connectivity index (χ2n) is 4.48. The van der Waals surface area contributed by atoms with E-state index in [0.717, 1.165) is 19.1 Å². The Morgan fingerprint density at radius 2 is 2.05 bits per heavy atom. The number of nitrogens with two attached hydrogens (primary N) is 1. The first-order valence-corrected chi connectivity index (χ1v) is 6.52. The van der Waals surface area contributed by atoms with Crippen molar-refractivity contribution in [1.82, 2.24) is 19.9 Å². The van der Waals surface area contributed by atoms with Gasteiger partial charge in [-0.1, -0.05) is 0 Å². The Balaban J connectivity index is 1.88. The maximum absolute atomic E-state index is 5.31. The molecule has 1 aromatic rings. The van der Waals surface area contributed by atoms with Crippen molar-refractivity contribution in [3.63, 3.8) is 0 Å². The smallest absolute Gasteiger partial charge is 0.323 e. The zero-order valence-electron chi connectivity index (χ0n) is 11.4. The Morgan fingerprint density at radius 3 is 2.68 bits per heavy atom. The molecule has 0 unspecified atom stereocenters. The highest BCUT2D eigenvalue weighted by Crippen LogP contribution is 2.24. The molecule has 8 heteroatoms. The molecule has 2 rings (SSSR count). The predicted octanol–water partition coefficient (Wildman–Crippen LogP) is 0.0620. The first-order valence-electron chi connectivity index (χ1n) is 6.52. The summed E-state index contributed by atoms with van der Waals surface area (Å²) in [6.07, 6.45) is 2.61. The summed E-state index contributed by atoms with van der Waals surface area (Å²) in [5.74, 6) is 6.07. The first kappa shape index (κ1) is 13.8. The Morgan fingerprint density at radius 1 is 1.32 bits per heavy atom. The number of hydrogen-bond donors (Lipinski definition) is 3. The van der Waals surface area contributed by atoms with Crippen molar-refractivity contribution >= 4 is 11.9 Å². The molecule has 0 saturated heterocycles. The van der Waals surface area contributed by atoms with E-state index < -0.39 is 0 Å². The zero-order chi connectivity index (χ0) is 13.7. The van der Waals surface area contributed by atoms with Crippen molar-refractivity contribution < 1.29 is 4.74 Å². The SMILES string of the molecule is CCOc1nc(NN)nc(NCCN(C)C2CC2)n1. The monoisotopic (exact) mass is 267 g/mol. The summed E-state index contributed by atoms with van der Waals surface area (Å²) in [6.45, 7) is 4.09. The van der Waals surface area contributed by atoms with Gasteiger partial charge in [-0.2, -0.15) is 15.0 Å². The third kappa shape index (κ3) is 4.18. The summed E-state index contributed by atoms with van der Waals surface area (Å²) in [5, 5.41) is 3.15. The van der Waals surface area contributed by atoms with E-state index in [2.05, 4.69) is 37.6 Å². The van der Waals surface area contributed by atoms with Crippen LogP contribution < -0.4 is 21.3 Å². The molecule has 1 heterocycles. The number of nitrogens with zero attached hydrogens (tertiary/aromatic N) is 4. The van der Waals surface area contributed by atoms with E-state index >= 15 is 0 Å². The second-order valence-corrected chi connectivity index (χ2v) is 4.48. The lowest BCUT2D eigenvalue weighted by molar-refractivity contribution is 0.312. The molecule has 19 heavy (non-hydrogen) atoms. The van der Waals surface area contributed by atoms with E-state index in [0.29, 0.717) is 12.6 Å². The number of hydrazine groups is 1. The Hall–Kier alpha value is -1.67. The topological polar surface area (TPSA) is 101 Å². The van der Waals surface area contributed by atoms with Gasteiger partial charge in [0.1, 0.15) is 0 Å². The molecule has 1 saturated carbocycles. The van der Waals surface area contributed by atoms with Gasteiger partial charge in [0, 0.05) is 19.1 Å². The molecule has 1 fully saturated rings. The Bertz CT molecular complexity index is 410. The van der Waals surface area contributed by atoms with Gasteiger partial charge in [-0.15, -0.1) is 0 Å². The highest BCUT2D eigenvalue weighted by molar-refractivity contribution is 5.34. The van der Waals surface area contributed by atoms with E-state index in [4.69, 9.17) is 10.6 Å². The molecule has 0 amide bonds. The molecule has 1 aromatic heterocycles. The largest absolute Gasteiger partial charge is 0.464 e. The minimum atomic E-state index is 0.267. The van der Waals surface area contributed by atoms with Crippen LogP contribution in [-0.4, -0.2) is 52.6 Å². The number of ether oxygens (including phenoxy) is 1. The number of rotatable bonds is 8. The highest BCUT2D eigenvalue weighted by atomic mass is 16.5. The highest BCUT2D eigenvalue weighted by Gasteiger charge is 2.25. The molecule has 8 nitrogen and oxygen atoms in total. The van der Waals surface area contributed by atoms with E-state index in [-0.39, 0.29) is 12.0 Å². The summed E-state index contributed by atoms with van der Waals surface area (Å²) >= 11 is 0. The van der Waals surface area contributed by atoms with Crippen molar-refractivity contribution in [3.05, 3.63) is 0 Å². The number of aromatic nitrogens is 3. The summed E-state index contributed by atoms with van der Waals surface area (Å²) in [4.78, 5) is 14.6. The first-order chi connectivity index (χ1) is 9.22. The lowest BCUT2D eigenvalue weighted by Crippen LogP contribution is -2.27. The van der Waals surface area contributed by atoms with Crippen molar-refractivity contribution in [2.24, 2.45) is 5.84 Å². The van der Waals surface area contributed by atoms with Crippen molar-refractivity contribution in [1.29, 1.82) is 0 Å². The fourth-order valence-electron chi connectivity index (χ4n) is 1.74. The lowest BCUT2D eigenvalue weighted by Gasteiger charge is -2.15. The molecule has 0 aromatic carbocycles. The van der Waals surface area contributed by atoms with Crippen molar-refractivity contribution in [3.8, 4) is 6.01 Å². The van der Waals surface area contributed by atoms with Crippen LogP contribution in [0.3, 0.4) is 0 Å². The average Bonchev–Trinajstić information content (AvgIpc) is 3.23. The second kappa shape index (κ2) is 6.48. The third-order valence-electron chi connectivity index (χ3n) is 2.94. The van der Waals surface area contributed by atoms with Crippen LogP contribution in [0.1, 0.15) is 19.8 Å². The number of anilines is 2. The fraction of sp³-hybridized carbons (Fsp3) is 0.727. The average molecular weight is 267 g/mol. The molecule has 0 aliphatic heterocycles. The number of nitrogen functional groups attached to an aromatic ring is 1. The molecule has 0 bridgehead atoms. The molecule has 106 valence electrons. The van der Waals surface area contributed by atoms with Crippen LogP contribution in [0.15, 0.2) is 0 Å². The van der Waals surface area contributed by atoms with E-state index in [1.807, 2.05) is 6.92 Å². The summed E-state index contributed by atoms with van der Waals surface area (Å²) < 4.78 is 5.26. The third-order valence-corrected chi connectivity index (χ3v) is 2.94. The van der Waals surface area contributed by atoms with E-state index in [1.165, 1.54) is 12.8 Å². The van der Waals surface area contributed by atoms with Gasteiger partial charge in [0.15, 0.2) is 0 Å². The van der Waals surface area contributed by atoms with Crippen LogP contribution >= 0.6 is 0 Å². The van der Waals surface area contributed by atoms with E-state index in [1.54, 1.807) is 0 Å². The lowest BCUT2D eigenvalue weighted by atomic mass is 10.5. The van der Waals surface area contributed by atoms with Crippen LogP contribution in [0.5, 0.6) is 6.01 Å². The van der Waals surface area contributed by atoms with Gasteiger partial charge in [0.25, 0.3) is 0 Å². The minimum absolute atomic E-state index is 0.267. The van der Waals surface area contributed by atoms with Crippen LogP contribution in [-0.2, 0) is 0 Å². The zero-order valence-corrected chi connectivity index (χ0v) is 11.4. The fourth-order valence-corrected chi connectivity index (χ4v) is 1.74. The van der Waals surface area contributed by atoms with Crippen LogP contribution in [0, 0.1) is 0 Å². The quantitative estimate of drug-likeness (QED) is 0.449. The maximum atomic E-state index is 5.31. The molecule has 1 aliphatic carbocycles. The van der Waals surface area contributed by atoms with Gasteiger partial charge in [0.05, 0.1) is 6.61 Å². The number of likely N-dealkylation sites (N-methyl/N-ethyl adjacent to an activating group) is 1. The number of nitrogens with one attached hydrogen (secondary N) is 2. The van der Waals surface area contributed by atoms with E-state index in [9.17, 15) is 0 Å². The molecule has 0 spiro atoms. The van der Waals surface area contributed by atoms with Gasteiger partial charge in [-0.3, -0.25) is 5.43 Å². The molecular formula is C11H21N7O. The van der Waals surface area contributed by atoms with Gasteiger partial charge in [-0.05, 0) is 26.8 Å². The Labute approximate surface area is 112 Å². The summed E-state index contributed by atoms with van der Waals surface area (Å²) in [7, 11) is 2.13. The Kier molecular flexibility index (Phi) is 4.69. The normalized spacial score (nSPS) is 14.5. The van der Waals surface area contributed by atoms with Gasteiger partial charge >= 0.3 is 6.01 Å². The van der Waals surface area contributed by atoms with Crippen molar-refractivity contribution in [2.75, 3.05) is 37.5 Å². The van der Waals surface area contributed by atoms with Gasteiger partial charge in [-0.25, -0.2) is 5.84 Å². The maximum Gasteiger partial charge on any atom is 0.323 e. The molecule has 0 radical (unpaired) electrons. The standard InChI is InChI=1S/C11H21N7O/c1-3-19-11-15-9(14-10(16-11)17-12)13-6-7-18(2)8-4-5-8/h8H,3-7,12H2,1-2H3,(H2,13,14,15,16,17). The molecule has 4 N–H and O–H groups in total. The van der Waals surface area contributed by atoms with Crippen LogP contribution in [0.2, 0.25) is 0 Å². The van der Waals surface area contributed by atoms with Gasteiger partial charge < -0.3 is 15.0 Å². The molecule has 0 atom stereocenters. The van der Waals surface area contributed by atoms with Crippen LogP contribution in [0.4, 0.5) is 11.9 Å². The summed E-state index contributed by atoms with van der Waals surface area (Å²) in [5.41, 5.74) is 2.40. The molecule has 1 aliphatic rings. The minimum Gasteiger partial charge on any atom is -0.464 e. The summed E-state index contributed by atoms with van der Waals surface area (Å²) in [6, 6.07) is 1.02. The van der Waals surface area contributed by atoms with Gasteiger partial charge in [0.2, 0.25) is 11.9 Å². The molecular weight excluding hydrogens is 246 g/mol. The predicted molar refractivity (Wildman–Crippen MR) is 72.9 cm³/mol. The van der Waals surface area contributed by atoms with Crippen molar-refractivity contribution in [2.45, 2.75) is 25.8 Å². The van der Waals surface area contributed by atoms with Crippen LogP contribution in [0.25, 0.3) is 0 Å². The number of hydrogen-bond acceptors (Lipinski definition) is 8.